The number of hydrogen-bond acceptors (Lipinski definition) is 9. The molecule has 0 aliphatic carbocycles. The van der Waals surface area contributed by atoms with Gasteiger partial charge in [-0.2, -0.15) is 15.0 Å². The summed E-state index contributed by atoms with van der Waals surface area (Å²) >= 11 is 11.4. The first-order valence-corrected chi connectivity index (χ1v) is 10.5. The molecule has 3 N–H and O–H groups in total. The summed E-state index contributed by atoms with van der Waals surface area (Å²) in [5, 5.41) is 4.04. The fourth-order valence-electron chi connectivity index (χ4n) is 3.06. The molecule has 0 radical (unpaired) electrons. The van der Waals surface area contributed by atoms with Crippen molar-refractivity contribution in [3.8, 4) is 0 Å². The van der Waals surface area contributed by atoms with Crippen molar-refractivity contribution in [3.63, 3.8) is 0 Å². The summed E-state index contributed by atoms with van der Waals surface area (Å²) < 4.78 is 10.9. The van der Waals surface area contributed by atoms with Crippen molar-refractivity contribution in [2.24, 2.45) is 0 Å². The van der Waals surface area contributed by atoms with Crippen molar-refractivity contribution in [2.45, 2.75) is 0 Å². The lowest BCUT2D eigenvalue weighted by atomic mass is 10.3. The van der Waals surface area contributed by atoms with E-state index in [2.05, 4.69) is 40.9 Å². The van der Waals surface area contributed by atoms with E-state index in [9.17, 15) is 0 Å². The zero-order valence-electron chi connectivity index (χ0n) is 16.3. The predicted octanol–water partition coefficient (Wildman–Crippen LogP) is 1.51. The standard InChI is InChI=1S/C18H23ClN8O2S/c19-13-2-1-3-14(12-13)20-18(30)25-24-15-21-16(26-4-8-28-9-5-26)23-17(22-15)27-6-10-29-11-7-27/h1-3,12H,4-11H2,(H2,20,25,30)(H,21,22,23,24). The minimum Gasteiger partial charge on any atom is -0.378 e. The molecule has 12 heteroatoms. The molecule has 2 aromatic rings. The van der Waals surface area contributed by atoms with Crippen molar-refractivity contribution in [1.82, 2.24) is 20.4 Å². The normalized spacial score (nSPS) is 16.8. The largest absolute Gasteiger partial charge is 0.378 e. The van der Waals surface area contributed by atoms with Gasteiger partial charge in [0, 0.05) is 36.9 Å². The topological polar surface area (TPSA) is 99.7 Å². The second-order valence-electron chi connectivity index (χ2n) is 6.67. The number of morpholine rings is 2. The third kappa shape index (κ3) is 5.57. The fraction of sp³-hybridized carbons (Fsp3) is 0.444. The number of hydrazine groups is 1. The maximum absolute atomic E-state index is 6.01. The van der Waals surface area contributed by atoms with Crippen LogP contribution in [0.5, 0.6) is 0 Å². The van der Waals surface area contributed by atoms with Gasteiger partial charge in [-0.05, 0) is 30.4 Å². The van der Waals surface area contributed by atoms with E-state index in [0.717, 1.165) is 31.9 Å². The summed E-state index contributed by atoms with van der Waals surface area (Å²) in [6.45, 7) is 5.51. The van der Waals surface area contributed by atoms with Crippen LogP contribution >= 0.6 is 23.8 Å². The van der Waals surface area contributed by atoms with Gasteiger partial charge < -0.3 is 24.6 Å². The lowest BCUT2D eigenvalue weighted by Crippen LogP contribution is -2.40. The SMILES string of the molecule is S=C(NNc1nc(N2CCOCC2)nc(N2CCOCC2)n1)Nc1cccc(Cl)c1. The van der Waals surface area contributed by atoms with Crippen LogP contribution in [0.25, 0.3) is 0 Å². The molecule has 0 atom stereocenters. The Morgan fingerprint density at radius 3 is 2.10 bits per heavy atom. The second kappa shape index (κ2) is 10.0. The monoisotopic (exact) mass is 450 g/mol. The number of ether oxygens (including phenoxy) is 2. The molecule has 160 valence electrons. The summed E-state index contributed by atoms with van der Waals surface area (Å²) in [4.78, 5) is 18.0. The molecule has 30 heavy (non-hydrogen) atoms. The van der Waals surface area contributed by atoms with Gasteiger partial charge in [0.25, 0.3) is 0 Å². The smallest absolute Gasteiger partial charge is 0.248 e. The Kier molecular flexibility index (Phi) is 6.95. The highest BCUT2D eigenvalue weighted by molar-refractivity contribution is 7.80. The van der Waals surface area contributed by atoms with Crippen molar-refractivity contribution in [1.29, 1.82) is 0 Å². The van der Waals surface area contributed by atoms with E-state index in [1.807, 2.05) is 12.1 Å². The Morgan fingerprint density at radius 2 is 1.53 bits per heavy atom. The van der Waals surface area contributed by atoms with E-state index in [4.69, 9.17) is 33.3 Å². The Balaban J connectivity index is 1.47. The number of thiocarbonyl (C=S) groups is 1. The average Bonchev–Trinajstić information content (AvgIpc) is 2.79. The number of halogens is 1. The minimum atomic E-state index is 0.360. The van der Waals surface area contributed by atoms with Gasteiger partial charge in [-0.25, -0.2) is 0 Å². The van der Waals surface area contributed by atoms with Gasteiger partial charge in [-0.1, -0.05) is 17.7 Å². The van der Waals surface area contributed by atoms with Crippen LogP contribution in [0.1, 0.15) is 0 Å². The van der Waals surface area contributed by atoms with Crippen LogP contribution in [0.4, 0.5) is 23.5 Å². The lowest BCUT2D eigenvalue weighted by Gasteiger charge is -2.30. The lowest BCUT2D eigenvalue weighted by molar-refractivity contribution is 0.121. The van der Waals surface area contributed by atoms with Crippen LogP contribution in [-0.2, 0) is 9.47 Å². The van der Waals surface area contributed by atoms with Crippen LogP contribution < -0.4 is 26.0 Å². The highest BCUT2D eigenvalue weighted by Gasteiger charge is 2.20. The number of nitrogens with zero attached hydrogens (tertiary/aromatic N) is 5. The molecule has 0 amide bonds. The maximum Gasteiger partial charge on any atom is 0.248 e. The summed E-state index contributed by atoms with van der Waals surface area (Å²) in [6, 6.07) is 7.30. The Bertz CT molecular complexity index is 841. The molecule has 1 aromatic heterocycles. The Hall–Kier alpha value is -2.47. The van der Waals surface area contributed by atoms with E-state index in [1.165, 1.54) is 0 Å². The van der Waals surface area contributed by atoms with Crippen molar-refractivity contribution in [2.75, 3.05) is 73.1 Å². The molecule has 0 saturated carbocycles. The molecular formula is C18H23ClN8O2S. The van der Waals surface area contributed by atoms with Crippen LogP contribution in [0.15, 0.2) is 24.3 Å². The maximum atomic E-state index is 6.01. The number of hydrogen-bond donors (Lipinski definition) is 3. The van der Waals surface area contributed by atoms with E-state index in [-0.39, 0.29) is 0 Å². The van der Waals surface area contributed by atoms with Gasteiger partial charge in [0.1, 0.15) is 0 Å². The van der Waals surface area contributed by atoms with Gasteiger partial charge >= 0.3 is 0 Å². The van der Waals surface area contributed by atoms with Crippen molar-refractivity contribution in [3.05, 3.63) is 29.3 Å². The summed E-state index contributed by atoms with van der Waals surface area (Å²) in [5.74, 6) is 1.59. The molecule has 0 unspecified atom stereocenters. The zero-order valence-corrected chi connectivity index (χ0v) is 17.9. The van der Waals surface area contributed by atoms with Crippen LogP contribution in [0.3, 0.4) is 0 Å². The molecule has 0 bridgehead atoms. The van der Waals surface area contributed by atoms with Gasteiger partial charge in [0.15, 0.2) is 5.11 Å². The molecule has 2 fully saturated rings. The van der Waals surface area contributed by atoms with Gasteiger partial charge in [-0.3, -0.25) is 10.9 Å². The summed E-state index contributed by atoms with van der Waals surface area (Å²) in [7, 11) is 0. The molecule has 3 heterocycles. The number of nitrogens with one attached hydrogen (secondary N) is 3. The van der Waals surface area contributed by atoms with E-state index in [1.54, 1.807) is 12.1 Å². The summed E-state index contributed by atoms with van der Waals surface area (Å²) in [5.41, 5.74) is 6.67. The van der Waals surface area contributed by atoms with Crippen LogP contribution in [-0.4, -0.2) is 72.7 Å². The molecular weight excluding hydrogens is 428 g/mol. The number of anilines is 4. The Morgan fingerprint density at radius 1 is 0.933 bits per heavy atom. The first-order chi connectivity index (χ1) is 14.7. The zero-order chi connectivity index (χ0) is 20.8. The van der Waals surface area contributed by atoms with E-state index < -0.39 is 0 Å². The second-order valence-corrected chi connectivity index (χ2v) is 7.52. The van der Waals surface area contributed by atoms with E-state index in [0.29, 0.717) is 54.4 Å². The van der Waals surface area contributed by atoms with Gasteiger partial charge in [0.05, 0.1) is 26.4 Å². The Labute approximate surface area is 184 Å². The number of benzene rings is 1. The average molecular weight is 451 g/mol. The first-order valence-electron chi connectivity index (χ1n) is 9.67. The number of aromatic nitrogens is 3. The third-order valence-corrected chi connectivity index (χ3v) is 5.01. The summed E-state index contributed by atoms with van der Waals surface area (Å²) in [6.07, 6.45) is 0. The van der Waals surface area contributed by atoms with Crippen LogP contribution in [0.2, 0.25) is 5.02 Å². The van der Waals surface area contributed by atoms with Gasteiger partial charge in [0.2, 0.25) is 17.8 Å². The first kappa shape index (κ1) is 20.8. The highest BCUT2D eigenvalue weighted by atomic mass is 35.5. The minimum absolute atomic E-state index is 0.360. The molecule has 2 aliphatic rings. The molecule has 0 spiro atoms. The van der Waals surface area contributed by atoms with Crippen molar-refractivity contribution < 1.29 is 9.47 Å². The molecule has 10 nitrogen and oxygen atoms in total. The fourth-order valence-corrected chi connectivity index (χ4v) is 3.42. The highest BCUT2D eigenvalue weighted by Crippen LogP contribution is 2.19. The number of rotatable bonds is 5. The molecule has 2 saturated heterocycles. The van der Waals surface area contributed by atoms with Crippen LogP contribution in [0, 0.1) is 0 Å². The van der Waals surface area contributed by atoms with Crippen molar-refractivity contribution >= 4 is 52.5 Å². The quantitative estimate of drug-likeness (QED) is 0.456. The molecule has 4 rings (SSSR count). The van der Waals surface area contributed by atoms with E-state index >= 15 is 0 Å². The van der Waals surface area contributed by atoms with Gasteiger partial charge in [-0.15, -0.1) is 0 Å². The predicted molar refractivity (Wildman–Crippen MR) is 120 cm³/mol. The third-order valence-electron chi connectivity index (χ3n) is 4.57. The molecule has 2 aliphatic heterocycles. The molecule has 1 aromatic carbocycles.